The van der Waals surface area contributed by atoms with E-state index in [1.54, 1.807) is 25.3 Å². The minimum absolute atomic E-state index is 0.0822. The number of nitrogens with one attached hydrogen (secondary N) is 1. The Morgan fingerprint density at radius 1 is 1.48 bits per heavy atom. The number of oxazole rings is 1. The van der Waals surface area contributed by atoms with Crippen molar-refractivity contribution in [2.75, 3.05) is 0 Å². The van der Waals surface area contributed by atoms with E-state index in [0.29, 0.717) is 22.6 Å². The zero-order valence-corrected chi connectivity index (χ0v) is 11.1. The van der Waals surface area contributed by atoms with E-state index in [4.69, 9.17) is 14.7 Å². The molecule has 3 aromatic heterocycles. The van der Waals surface area contributed by atoms with Crippen LogP contribution in [-0.4, -0.2) is 15.5 Å². The smallest absolute Gasteiger partial charge is 0.421 e. The van der Waals surface area contributed by atoms with Crippen LogP contribution in [0.5, 0.6) is 0 Å². The lowest BCUT2D eigenvalue weighted by molar-refractivity contribution is 0.0924. The maximum Gasteiger partial charge on any atom is 0.421 e. The molecule has 3 rings (SSSR count). The Morgan fingerprint density at radius 2 is 2.29 bits per heavy atom. The van der Waals surface area contributed by atoms with Crippen molar-refractivity contribution in [2.24, 2.45) is 5.84 Å². The first-order valence-electron chi connectivity index (χ1n) is 6.14. The van der Waals surface area contributed by atoms with Crippen molar-refractivity contribution in [3.05, 3.63) is 52.0 Å². The molecule has 21 heavy (non-hydrogen) atoms. The number of fused-ring (bicyclic) bond motifs is 1. The summed E-state index contributed by atoms with van der Waals surface area (Å²) in [6.45, 7) is 1.89. The summed E-state index contributed by atoms with van der Waals surface area (Å²) < 4.78 is 11.8. The number of carbonyl (C=O) groups is 1. The molecule has 108 valence electrons. The number of amides is 1. The van der Waals surface area contributed by atoms with E-state index in [9.17, 15) is 9.59 Å². The number of hydrogen-bond donors (Lipinski definition) is 2. The molecule has 0 spiro atoms. The first-order chi connectivity index (χ1) is 10.1. The van der Waals surface area contributed by atoms with E-state index in [1.807, 2.05) is 5.43 Å². The van der Waals surface area contributed by atoms with Crippen LogP contribution in [-0.2, 0) is 6.54 Å². The number of carbonyl (C=O) groups excluding carboxylic acids is 1. The Balaban J connectivity index is 2.03. The first kappa shape index (κ1) is 13.1. The van der Waals surface area contributed by atoms with Gasteiger partial charge < -0.3 is 8.83 Å². The Labute approximate surface area is 118 Å². The monoisotopic (exact) mass is 288 g/mol. The van der Waals surface area contributed by atoms with Crippen molar-refractivity contribution in [1.82, 2.24) is 15.0 Å². The third-order valence-electron chi connectivity index (χ3n) is 3.13. The zero-order chi connectivity index (χ0) is 15.0. The van der Waals surface area contributed by atoms with Gasteiger partial charge >= 0.3 is 11.7 Å². The van der Waals surface area contributed by atoms with Gasteiger partial charge in [-0.3, -0.25) is 14.8 Å². The van der Waals surface area contributed by atoms with Gasteiger partial charge in [0.2, 0.25) is 0 Å². The number of aryl methyl sites for hydroxylation is 1. The maximum atomic E-state index is 11.9. The quantitative estimate of drug-likeness (QED) is 0.413. The van der Waals surface area contributed by atoms with Gasteiger partial charge in [-0.05, 0) is 25.1 Å². The van der Waals surface area contributed by atoms with E-state index >= 15 is 0 Å². The Bertz CT molecular complexity index is 874. The number of furan rings is 1. The summed E-state index contributed by atoms with van der Waals surface area (Å²) in [6.07, 6.45) is 1.57. The van der Waals surface area contributed by atoms with E-state index in [1.165, 1.54) is 10.6 Å². The molecule has 0 saturated heterocycles. The van der Waals surface area contributed by atoms with Gasteiger partial charge in [-0.15, -0.1) is 0 Å². The lowest BCUT2D eigenvalue weighted by Gasteiger charge is -1.99. The molecule has 8 nitrogen and oxygen atoms in total. The fourth-order valence-corrected chi connectivity index (χ4v) is 2.07. The third-order valence-corrected chi connectivity index (χ3v) is 3.13. The molecular formula is C13H12N4O4. The van der Waals surface area contributed by atoms with Crippen molar-refractivity contribution in [3.8, 4) is 0 Å². The SMILES string of the molecule is Cc1oc(C(=O)NN)cc1Cn1c(=O)oc2cccnc21. The standard InChI is InChI=1S/C13H12N4O4/c1-7-8(5-10(20-7)12(18)16-14)6-17-11-9(21-13(17)19)3-2-4-15-11/h2-5H,6,14H2,1H3,(H,16,18). The molecule has 3 N–H and O–H groups in total. The van der Waals surface area contributed by atoms with Crippen LogP contribution in [0.25, 0.3) is 11.2 Å². The lowest BCUT2D eigenvalue weighted by Crippen LogP contribution is -2.29. The maximum absolute atomic E-state index is 11.9. The summed E-state index contributed by atoms with van der Waals surface area (Å²) in [5.74, 6) is 4.61. The number of nitrogens with zero attached hydrogens (tertiary/aromatic N) is 2. The zero-order valence-electron chi connectivity index (χ0n) is 11.1. The van der Waals surface area contributed by atoms with E-state index in [-0.39, 0.29) is 12.3 Å². The Morgan fingerprint density at radius 3 is 3.05 bits per heavy atom. The number of aromatic nitrogens is 2. The summed E-state index contributed by atoms with van der Waals surface area (Å²) in [5.41, 5.74) is 3.50. The summed E-state index contributed by atoms with van der Waals surface area (Å²) in [6, 6.07) is 4.88. The van der Waals surface area contributed by atoms with Gasteiger partial charge in [0.25, 0.3) is 0 Å². The highest BCUT2D eigenvalue weighted by Crippen LogP contribution is 2.17. The van der Waals surface area contributed by atoms with E-state index in [2.05, 4.69) is 4.98 Å². The minimum Gasteiger partial charge on any atom is -0.456 e. The van der Waals surface area contributed by atoms with Crippen molar-refractivity contribution in [2.45, 2.75) is 13.5 Å². The second-order valence-corrected chi connectivity index (χ2v) is 4.44. The highest BCUT2D eigenvalue weighted by atomic mass is 16.4. The predicted molar refractivity (Wildman–Crippen MR) is 72.5 cm³/mol. The summed E-state index contributed by atoms with van der Waals surface area (Å²) in [7, 11) is 0. The van der Waals surface area contributed by atoms with Crippen LogP contribution in [0.2, 0.25) is 0 Å². The van der Waals surface area contributed by atoms with Crippen LogP contribution in [0, 0.1) is 6.92 Å². The second-order valence-electron chi connectivity index (χ2n) is 4.44. The number of hydrogen-bond acceptors (Lipinski definition) is 6. The average molecular weight is 288 g/mol. The number of nitrogen functional groups attached to an aromatic ring is 1. The fraction of sp³-hybridized carbons (Fsp3) is 0.154. The fourth-order valence-electron chi connectivity index (χ4n) is 2.07. The molecule has 0 fully saturated rings. The topological polar surface area (TPSA) is 116 Å². The summed E-state index contributed by atoms with van der Waals surface area (Å²) in [4.78, 5) is 27.4. The highest BCUT2D eigenvalue weighted by Gasteiger charge is 2.16. The van der Waals surface area contributed by atoms with Crippen LogP contribution >= 0.6 is 0 Å². The largest absolute Gasteiger partial charge is 0.456 e. The molecule has 0 radical (unpaired) electrons. The van der Waals surface area contributed by atoms with Crippen LogP contribution in [0.15, 0.2) is 38.0 Å². The van der Waals surface area contributed by atoms with E-state index < -0.39 is 11.7 Å². The van der Waals surface area contributed by atoms with Gasteiger partial charge in [0.15, 0.2) is 17.0 Å². The predicted octanol–water partition coefficient (Wildman–Crippen LogP) is 0.543. The molecule has 0 bridgehead atoms. The molecule has 3 heterocycles. The average Bonchev–Trinajstić information content (AvgIpc) is 3.00. The molecular weight excluding hydrogens is 276 g/mol. The molecule has 0 unspecified atom stereocenters. The van der Waals surface area contributed by atoms with Crippen LogP contribution < -0.4 is 17.0 Å². The number of nitrogens with two attached hydrogens (primary N) is 1. The molecule has 1 amide bonds. The lowest BCUT2D eigenvalue weighted by atomic mass is 10.2. The second kappa shape index (κ2) is 4.91. The van der Waals surface area contributed by atoms with Gasteiger partial charge in [0, 0.05) is 11.8 Å². The van der Waals surface area contributed by atoms with Gasteiger partial charge in [-0.1, -0.05) is 0 Å². The van der Waals surface area contributed by atoms with Crippen LogP contribution in [0.3, 0.4) is 0 Å². The van der Waals surface area contributed by atoms with Crippen LogP contribution in [0.4, 0.5) is 0 Å². The third kappa shape index (κ3) is 2.21. The Hall–Kier alpha value is -2.87. The minimum atomic E-state index is -0.535. The molecule has 0 saturated carbocycles. The van der Waals surface area contributed by atoms with Gasteiger partial charge in [-0.25, -0.2) is 15.6 Å². The van der Waals surface area contributed by atoms with Crippen molar-refractivity contribution >= 4 is 17.1 Å². The molecule has 0 aromatic carbocycles. The van der Waals surface area contributed by atoms with Gasteiger partial charge in [-0.2, -0.15) is 0 Å². The van der Waals surface area contributed by atoms with Crippen molar-refractivity contribution in [1.29, 1.82) is 0 Å². The molecule has 3 aromatic rings. The molecule has 0 aliphatic carbocycles. The summed E-state index contributed by atoms with van der Waals surface area (Å²) >= 11 is 0. The number of pyridine rings is 1. The van der Waals surface area contributed by atoms with Gasteiger partial charge in [0.1, 0.15) is 5.76 Å². The normalized spacial score (nSPS) is 11.0. The highest BCUT2D eigenvalue weighted by molar-refractivity contribution is 5.91. The molecule has 0 aliphatic rings. The molecule has 0 atom stereocenters. The number of hydrazine groups is 1. The van der Waals surface area contributed by atoms with E-state index in [0.717, 1.165) is 0 Å². The Kier molecular flexibility index (Phi) is 3.07. The number of rotatable bonds is 3. The van der Waals surface area contributed by atoms with Crippen molar-refractivity contribution < 1.29 is 13.6 Å². The van der Waals surface area contributed by atoms with Crippen molar-refractivity contribution in [3.63, 3.8) is 0 Å². The summed E-state index contributed by atoms with van der Waals surface area (Å²) in [5, 5.41) is 0. The van der Waals surface area contributed by atoms with Gasteiger partial charge in [0.05, 0.1) is 6.54 Å². The molecule has 8 heteroatoms. The van der Waals surface area contributed by atoms with Crippen LogP contribution in [0.1, 0.15) is 21.9 Å². The first-order valence-corrected chi connectivity index (χ1v) is 6.14. The molecule has 0 aliphatic heterocycles.